The molecule has 0 amide bonds. The summed E-state index contributed by atoms with van der Waals surface area (Å²) < 4.78 is 0. The van der Waals surface area contributed by atoms with Crippen molar-refractivity contribution in [2.45, 2.75) is 39.5 Å². The summed E-state index contributed by atoms with van der Waals surface area (Å²) in [6.45, 7) is 4.29. The summed E-state index contributed by atoms with van der Waals surface area (Å²) in [7, 11) is 0. The highest BCUT2D eigenvalue weighted by Crippen LogP contribution is 2.52. The molecule has 0 aliphatic heterocycles. The molecule has 2 saturated carbocycles. The molecule has 13 heavy (non-hydrogen) atoms. The van der Waals surface area contributed by atoms with Gasteiger partial charge in [-0.15, -0.1) is 0 Å². The Balaban J connectivity index is 2.28. The Morgan fingerprint density at radius 2 is 1.77 bits per heavy atom. The summed E-state index contributed by atoms with van der Waals surface area (Å²) in [5, 5.41) is 0. The molecule has 0 heterocycles. The number of carbonyl (C=O) groups excluding carboxylic acids is 2. The van der Waals surface area contributed by atoms with Crippen molar-refractivity contribution in [3.8, 4) is 0 Å². The van der Waals surface area contributed by atoms with E-state index in [1.54, 1.807) is 0 Å². The second kappa shape index (κ2) is 2.66. The van der Waals surface area contributed by atoms with Crippen LogP contribution in [0.4, 0.5) is 0 Å². The molecule has 0 N–H and O–H groups in total. The topological polar surface area (TPSA) is 34.1 Å². The highest BCUT2D eigenvalue weighted by molar-refractivity contribution is 5.86. The average Bonchev–Trinajstić information content (AvgIpc) is 2.26. The number of hydrogen-bond acceptors (Lipinski definition) is 2. The first-order valence-electron chi connectivity index (χ1n) is 5.06. The molecule has 2 aliphatic rings. The first-order valence-corrected chi connectivity index (χ1v) is 5.06. The van der Waals surface area contributed by atoms with E-state index in [0.29, 0.717) is 49.1 Å². The molecule has 2 rings (SSSR count). The molecule has 0 aromatic rings. The van der Waals surface area contributed by atoms with Gasteiger partial charge in [0.05, 0.1) is 0 Å². The van der Waals surface area contributed by atoms with E-state index >= 15 is 0 Å². The van der Waals surface area contributed by atoms with Gasteiger partial charge in [0.1, 0.15) is 11.6 Å². The van der Waals surface area contributed by atoms with Gasteiger partial charge in [-0.05, 0) is 17.3 Å². The van der Waals surface area contributed by atoms with Crippen molar-refractivity contribution >= 4 is 11.6 Å². The number of ketones is 2. The van der Waals surface area contributed by atoms with Crippen LogP contribution in [0.25, 0.3) is 0 Å². The molecule has 2 nitrogen and oxygen atoms in total. The van der Waals surface area contributed by atoms with Gasteiger partial charge in [0.2, 0.25) is 0 Å². The largest absolute Gasteiger partial charge is 0.300 e. The van der Waals surface area contributed by atoms with E-state index < -0.39 is 0 Å². The molecule has 0 aromatic heterocycles. The lowest BCUT2D eigenvalue weighted by Gasteiger charge is -2.40. The Hall–Kier alpha value is -0.660. The predicted octanol–water partition coefficient (Wildman–Crippen LogP) is 1.97. The minimum Gasteiger partial charge on any atom is -0.300 e. The van der Waals surface area contributed by atoms with Crippen LogP contribution in [0.1, 0.15) is 39.5 Å². The number of rotatable bonds is 0. The Morgan fingerprint density at radius 3 is 2.46 bits per heavy atom. The maximum Gasteiger partial charge on any atom is 0.133 e. The van der Waals surface area contributed by atoms with Crippen LogP contribution in [0.15, 0.2) is 0 Å². The lowest BCUT2D eigenvalue weighted by atomic mass is 9.63. The first-order chi connectivity index (χ1) is 6.02. The standard InChI is InChI=1S/C11H16O2/c1-7-3-9(12)4-8-5-10(13)6-11(7,8)2/h7-8H,3-6H2,1-2H3/t7-,8-,11-/m1/s1. The van der Waals surface area contributed by atoms with Gasteiger partial charge >= 0.3 is 0 Å². The van der Waals surface area contributed by atoms with E-state index in [9.17, 15) is 9.59 Å². The van der Waals surface area contributed by atoms with Crippen molar-refractivity contribution < 1.29 is 9.59 Å². The molecule has 2 aliphatic carbocycles. The lowest BCUT2D eigenvalue weighted by molar-refractivity contribution is -0.126. The molecule has 2 heteroatoms. The Labute approximate surface area is 78.7 Å². The second-order valence-corrected chi connectivity index (χ2v) is 4.97. The van der Waals surface area contributed by atoms with Crippen LogP contribution in [0.5, 0.6) is 0 Å². The molecule has 72 valence electrons. The molecule has 2 fully saturated rings. The molecule has 0 saturated heterocycles. The van der Waals surface area contributed by atoms with E-state index in [4.69, 9.17) is 0 Å². The van der Waals surface area contributed by atoms with Gasteiger partial charge in [0, 0.05) is 25.7 Å². The van der Waals surface area contributed by atoms with Gasteiger partial charge in [-0.25, -0.2) is 0 Å². The zero-order valence-electron chi connectivity index (χ0n) is 8.30. The number of hydrogen-bond donors (Lipinski definition) is 0. The Bertz CT molecular complexity index is 267. The van der Waals surface area contributed by atoms with E-state index in [1.165, 1.54) is 0 Å². The maximum absolute atomic E-state index is 11.4. The smallest absolute Gasteiger partial charge is 0.133 e. The summed E-state index contributed by atoms with van der Waals surface area (Å²) in [5.41, 5.74) is 0.130. The SMILES string of the molecule is C[C@@H]1CC(=O)C[C@@H]2CC(=O)C[C@@]21C. The van der Waals surface area contributed by atoms with Crippen LogP contribution in [-0.4, -0.2) is 11.6 Å². The number of Topliss-reactive ketones (excluding diaryl/α,β-unsaturated/α-hetero) is 2. The first kappa shape index (κ1) is 8.92. The Morgan fingerprint density at radius 1 is 1.15 bits per heavy atom. The predicted molar refractivity (Wildman–Crippen MR) is 49.2 cm³/mol. The summed E-state index contributed by atoms with van der Waals surface area (Å²) in [4.78, 5) is 22.7. The van der Waals surface area contributed by atoms with Crippen molar-refractivity contribution in [2.75, 3.05) is 0 Å². The molecule has 0 unspecified atom stereocenters. The van der Waals surface area contributed by atoms with E-state index in [1.807, 2.05) is 0 Å². The molecule has 0 radical (unpaired) electrons. The maximum atomic E-state index is 11.4. The van der Waals surface area contributed by atoms with Gasteiger partial charge in [-0.2, -0.15) is 0 Å². The monoisotopic (exact) mass is 180 g/mol. The molecule has 0 bridgehead atoms. The van der Waals surface area contributed by atoms with Crippen molar-refractivity contribution in [1.29, 1.82) is 0 Å². The van der Waals surface area contributed by atoms with Crippen LogP contribution in [0, 0.1) is 17.3 Å². The van der Waals surface area contributed by atoms with Gasteiger partial charge in [0.15, 0.2) is 0 Å². The third kappa shape index (κ3) is 1.23. The van der Waals surface area contributed by atoms with Crippen molar-refractivity contribution in [2.24, 2.45) is 17.3 Å². The zero-order valence-corrected chi connectivity index (χ0v) is 8.30. The van der Waals surface area contributed by atoms with Crippen LogP contribution in [0.3, 0.4) is 0 Å². The highest BCUT2D eigenvalue weighted by atomic mass is 16.1. The molecule has 3 atom stereocenters. The van der Waals surface area contributed by atoms with Crippen LogP contribution < -0.4 is 0 Å². The third-order valence-electron chi connectivity index (χ3n) is 4.12. The van der Waals surface area contributed by atoms with Crippen molar-refractivity contribution in [1.82, 2.24) is 0 Å². The zero-order chi connectivity index (χ0) is 9.64. The molecule has 0 spiro atoms. The minimum atomic E-state index is 0.130. The fraction of sp³-hybridized carbons (Fsp3) is 0.818. The van der Waals surface area contributed by atoms with E-state index in [-0.39, 0.29) is 5.41 Å². The Kier molecular flexibility index (Phi) is 1.83. The second-order valence-electron chi connectivity index (χ2n) is 4.97. The van der Waals surface area contributed by atoms with Gasteiger partial charge < -0.3 is 0 Å². The summed E-state index contributed by atoms with van der Waals surface area (Å²) in [6.07, 6.45) is 2.67. The lowest BCUT2D eigenvalue weighted by Crippen LogP contribution is -2.37. The van der Waals surface area contributed by atoms with Crippen LogP contribution >= 0.6 is 0 Å². The fourth-order valence-electron chi connectivity index (χ4n) is 2.96. The fourth-order valence-corrected chi connectivity index (χ4v) is 2.96. The summed E-state index contributed by atoms with van der Waals surface area (Å²) in [6, 6.07) is 0. The summed E-state index contributed by atoms with van der Waals surface area (Å²) >= 11 is 0. The van der Waals surface area contributed by atoms with Crippen LogP contribution in [-0.2, 0) is 9.59 Å². The average molecular weight is 180 g/mol. The highest BCUT2D eigenvalue weighted by Gasteiger charge is 2.50. The molecular formula is C11H16O2. The van der Waals surface area contributed by atoms with Gasteiger partial charge in [-0.3, -0.25) is 9.59 Å². The quantitative estimate of drug-likeness (QED) is 0.571. The van der Waals surface area contributed by atoms with Crippen LogP contribution in [0.2, 0.25) is 0 Å². The molecular weight excluding hydrogens is 164 g/mol. The van der Waals surface area contributed by atoms with E-state index in [2.05, 4.69) is 13.8 Å². The number of carbonyl (C=O) groups is 2. The van der Waals surface area contributed by atoms with Crippen molar-refractivity contribution in [3.05, 3.63) is 0 Å². The van der Waals surface area contributed by atoms with Gasteiger partial charge in [-0.1, -0.05) is 13.8 Å². The minimum absolute atomic E-state index is 0.130. The third-order valence-corrected chi connectivity index (χ3v) is 4.12. The normalized spacial score (nSPS) is 45.1. The number of fused-ring (bicyclic) bond motifs is 1. The van der Waals surface area contributed by atoms with Crippen molar-refractivity contribution in [3.63, 3.8) is 0 Å². The summed E-state index contributed by atoms with van der Waals surface area (Å²) in [5.74, 6) is 1.44. The van der Waals surface area contributed by atoms with Gasteiger partial charge in [0.25, 0.3) is 0 Å². The van der Waals surface area contributed by atoms with E-state index in [0.717, 1.165) is 0 Å². The molecule has 0 aromatic carbocycles.